The molecule has 1 heterocycles. The number of ether oxygens (including phenoxy) is 3. The monoisotopic (exact) mass is 499 g/mol. The lowest BCUT2D eigenvalue weighted by atomic mass is 9.73. The van der Waals surface area contributed by atoms with Gasteiger partial charge in [-0.25, -0.2) is 0 Å². The van der Waals surface area contributed by atoms with Crippen molar-refractivity contribution < 1.29 is 19.0 Å². The van der Waals surface area contributed by atoms with Gasteiger partial charge >= 0.3 is 0 Å². The second kappa shape index (κ2) is 15.1. The fourth-order valence-corrected chi connectivity index (χ4v) is 4.43. The van der Waals surface area contributed by atoms with E-state index in [1.165, 1.54) is 5.56 Å². The van der Waals surface area contributed by atoms with Gasteiger partial charge < -0.3 is 14.2 Å². The van der Waals surface area contributed by atoms with Crippen molar-refractivity contribution in [3.05, 3.63) is 28.0 Å². The van der Waals surface area contributed by atoms with Gasteiger partial charge in [-0.15, -0.1) is 0 Å². The Morgan fingerprint density at radius 2 is 1.87 bits per heavy atom. The summed E-state index contributed by atoms with van der Waals surface area (Å²) in [5, 5.41) is 0. The van der Waals surface area contributed by atoms with Crippen LogP contribution < -0.4 is 0 Å². The molecule has 0 N–H and O–H groups in total. The smallest absolute Gasteiger partial charge is 0.136 e. The Bertz CT molecular complexity index is 650. The van der Waals surface area contributed by atoms with Crippen molar-refractivity contribution in [3.63, 3.8) is 0 Å². The molecule has 0 radical (unpaired) electrons. The molecule has 1 aromatic rings. The maximum atomic E-state index is 13.4. The minimum atomic E-state index is -0.0555. The molecule has 0 fully saturated rings. The summed E-state index contributed by atoms with van der Waals surface area (Å²) >= 11 is 3.51. The molecule has 0 saturated carbocycles. The van der Waals surface area contributed by atoms with E-state index in [-0.39, 0.29) is 11.3 Å². The van der Waals surface area contributed by atoms with Gasteiger partial charge in [0.05, 0.1) is 19.8 Å². The van der Waals surface area contributed by atoms with E-state index < -0.39 is 0 Å². The zero-order valence-corrected chi connectivity index (χ0v) is 21.9. The van der Waals surface area contributed by atoms with Crippen LogP contribution in [0.2, 0.25) is 0 Å². The van der Waals surface area contributed by atoms with Gasteiger partial charge in [0.15, 0.2) is 0 Å². The molecule has 0 amide bonds. The third-order valence-electron chi connectivity index (χ3n) is 6.23. The maximum absolute atomic E-state index is 13.4. The van der Waals surface area contributed by atoms with Crippen molar-refractivity contribution in [2.45, 2.75) is 66.2 Å². The largest absolute Gasteiger partial charge is 0.385 e. The lowest BCUT2D eigenvalue weighted by molar-refractivity contribution is -0.126. The number of hydrogen-bond acceptors (Lipinski definition) is 5. The Labute approximate surface area is 197 Å². The van der Waals surface area contributed by atoms with Crippen LogP contribution in [0, 0.1) is 24.2 Å². The first-order valence-electron chi connectivity index (χ1n) is 11.4. The Balaban J connectivity index is 2.78. The van der Waals surface area contributed by atoms with Crippen LogP contribution in [0.15, 0.2) is 16.7 Å². The number of pyridine rings is 1. The highest BCUT2D eigenvalue weighted by molar-refractivity contribution is 9.10. The topological polar surface area (TPSA) is 57.7 Å². The number of nitrogens with zero attached hydrogens (tertiary/aromatic N) is 1. The predicted octanol–water partition coefficient (Wildman–Crippen LogP) is 5.80. The molecule has 0 aliphatic heterocycles. The molecular weight excluding hydrogens is 458 g/mol. The van der Waals surface area contributed by atoms with Crippen LogP contribution in [-0.2, 0) is 25.4 Å². The van der Waals surface area contributed by atoms with Crippen LogP contribution in [0.3, 0.4) is 0 Å². The molecule has 178 valence electrons. The number of aromatic nitrogens is 1. The molecule has 0 aromatic carbocycles. The van der Waals surface area contributed by atoms with E-state index in [0.29, 0.717) is 44.5 Å². The van der Waals surface area contributed by atoms with E-state index in [9.17, 15) is 4.79 Å². The molecule has 1 aromatic heterocycles. The van der Waals surface area contributed by atoms with Crippen LogP contribution >= 0.6 is 15.9 Å². The fourth-order valence-electron chi connectivity index (χ4n) is 4.05. The van der Waals surface area contributed by atoms with E-state index in [4.69, 9.17) is 14.2 Å². The maximum Gasteiger partial charge on any atom is 0.136 e. The highest BCUT2D eigenvalue weighted by atomic mass is 79.9. The van der Waals surface area contributed by atoms with E-state index in [1.807, 2.05) is 13.1 Å². The van der Waals surface area contributed by atoms with Crippen LogP contribution in [0.1, 0.15) is 64.1 Å². The van der Waals surface area contributed by atoms with Crippen LogP contribution in [0.5, 0.6) is 0 Å². The number of methoxy groups -OCH3 is 2. The first kappa shape index (κ1) is 28.2. The third-order valence-corrected chi connectivity index (χ3v) is 6.66. The summed E-state index contributed by atoms with van der Waals surface area (Å²) in [6, 6.07) is 2.12. The average Bonchev–Trinajstić information content (AvgIpc) is 2.73. The molecule has 31 heavy (non-hydrogen) atoms. The minimum Gasteiger partial charge on any atom is -0.385 e. The van der Waals surface area contributed by atoms with Gasteiger partial charge in [-0.05, 0) is 71.5 Å². The number of Topliss-reactive ketones (excluding diaryl/α,β-unsaturated/α-hetero) is 1. The van der Waals surface area contributed by atoms with Gasteiger partial charge in [-0.2, -0.15) is 0 Å². The molecule has 1 rings (SSSR count). The van der Waals surface area contributed by atoms with Crippen molar-refractivity contribution >= 4 is 21.7 Å². The standard InChI is InChI=1S/C25H42BrNO4/c1-7-22(25(3,4)18-31-14-13-30-6)16-24(28)20(9-8-12-29-5)10-11-21-15-23(26)17-27-19(21)2/h15,17,20,22H,7-14,16,18H2,1-6H3. The van der Waals surface area contributed by atoms with Gasteiger partial charge in [-0.3, -0.25) is 9.78 Å². The van der Waals surface area contributed by atoms with Crippen LogP contribution in [-0.4, -0.2) is 51.4 Å². The quantitative estimate of drug-likeness (QED) is 0.253. The van der Waals surface area contributed by atoms with Crippen molar-refractivity contribution in [3.8, 4) is 0 Å². The van der Waals surface area contributed by atoms with Gasteiger partial charge in [0, 0.05) is 49.5 Å². The Hall–Kier alpha value is -0.820. The summed E-state index contributed by atoms with van der Waals surface area (Å²) in [6.07, 6.45) is 6.88. The highest BCUT2D eigenvalue weighted by Crippen LogP contribution is 2.34. The molecule has 0 aliphatic rings. The first-order chi connectivity index (χ1) is 14.7. The van der Waals surface area contributed by atoms with Gasteiger partial charge in [-0.1, -0.05) is 27.2 Å². The number of hydrogen-bond donors (Lipinski definition) is 0. The molecule has 2 atom stereocenters. The zero-order valence-electron chi connectivity index (χ0n) is 20.3. The molecule has 0 aliphatic carbocycles. The van der Waals surface area contributed by atoms with Crippen LogP contribution in [0.25, 0.3) is 0 Å². The molecule has 0 bridgehead atoms. The summed E-state index contributed by atoms with van der Waals surface area (Å²) in [7, 11) is 3.39. The average molecular weight is 501 g/mol. The molecular formula is C25H42BrNO4. The van der Waals surface area contributed by atoms with Crippen molar-refractivity contribution in [2.24, 2.45) is 17.3 Å². The second-order valence-electron chi connectivity index (χ2n) is 9.08. The number of aryl methyl sites for hydroxylation is 2. The SMILES string of the molecule is CCC(CC(=O)C(CCCOC)CCc1cc(Br)cnc1C)C(C)(C)COCCOC. The Morgan fingerprint density at radius 3 is 2.52 bits per heavy atom. The molecule has 2 unspecified atom stereocenters. The fraction of sp³-hybridized carbons (Fsp3) is 0.760. The molecule has 5 nitrogen and oxygen atoms in total. The van der Waals surface area contributed by atoms with Gasteiger partial charge in [0.25, 0.3) is 0 Å². The second-order valence-corrected chi connectivity index (χ2v) is 9.99. The van der Waals surface area contributed by atoms with Crippen molar-refractivity contribution in [2.75, 3.05) is 40.6 Å². The van der Waals surface area contributed by atoms with E-state index in [0.717, 1.165) is 42.3 Å². The Morgan fingerprint density at radius 1 is 1.16 bits per heavy atom. The number of ketones is 1. The van der Waals surface area contributed by atoms with Crippen molar-refractivity contribution in [1.29, 1.82) is 0 Å². The predicted molar refractivity (Wildman–Crippen MR) is 129 cm³/mol. The summed E-state index contributed by atoms with van der Waals surface area (Å²) in [5.41, 5.74) is 2.19. The van der Waals surface area contributed by atoms with Gasteiger partial charge in [0.2, 0.25) is 0 Å². The molecule has 6 heteroatoms. The summed E-state index contributed by atoms with van der Waals surface area (Å²) in [6.45, 7) is 11.1. The molecule has 0 saturated heterocycles. The highest BCUT2D eigenvalue weighted by Gasteiger charge is 2.32. The Kier molecular flexibility index (Phi) is 13.7. The minimum absolute atomic E-state index is 0.0489. The van der Waals surface area contributed by atoms with E-state index >= 15 is 0 Å². The van der Waals surface area contributed by atoms with Crippen LogP contribution in [0.4, 0.5) is 0 Å². The lowest BCUT2D eigenvalue weighted by Gasteiger charge is -2.34. The first-order valence-corrected chi connectivity index (χ1v) is 12.2. The lowest BCUT2D eigenvalue weighted by Crippen LogP contribution is -2.33. The third kappa shape index (κ3) is 10.6. The molecule has 0 spiro atoms. The summed E-state index contributed by atoms with van der Waals surface area (Å²) in [4.78, 5) is 17.8. The van der Waals surface area contributed by atoms with E-state index in [2.05, 4.69) is 47.8 Å². The number of carbonyl (C=O) groups excluding carboxylic acids is 1. The van der Waals surface area contributed by atoms with E-state index in [1.54, 1.807) is 14.2 Å². The zero-order chi connectivity index (χ0) is 23.3. The number of carbonyl (C=O) groups is 1. The summed E-state index contributed by atoms with van der Waals surface area (Å²) < 4.78 is 17.1. The number of rotatable bonds is 17. The van der Waals surface area contributed by atoms with Crippen molar-refractivity contribution in [1.82, 2.24) is 4.98 Å². The normalized spacial score (nSPS) is 13.9. The number of halogens is 1. The summed E-state index contributed by atoms with van der Waals surface area (Å²) in [5.74, 6) is 0.711. The van der Waals surface area contributed by atoms with Gasteiger partial charge in [0.1, 0.15) is 5.78 Å².